The second-order valence-corrected chi connectivity index (χ2v) is 2.27. The maximum absolute atomic E-state index is 9.89. The van der Waals surface area contributed by atoms with Crippen LogP contribution < -0.4 is 11.5 Å². The maximum atomic E-state index is 9.89. The minimum atomic E-state index is -2.12. The average molecular weight is 164 g/mol. The van der Waals surface area contributed by atoms with Gasteiger partial charge in [0.15, 0.2) is 12.0 Å². The van der Waals surface area contributed by atoms with Crippen LogP contribution in [0.25, 0.3) is 0 Å². The topological polar surface area (TPSA) is 130 Å². The van der Waals surface area contributed by atoms with Crippen LogP contribution in [0.1, 0.15) is 0 Å². The average Bonchev–Trinajstić information content (AvgIpc) is 2.01. The Labute approximate surface area is 63.4 Å². The zero-order valence-electron chi connectivity index (χ0n) is 5.84. The fourth-order valence-electron chi connectivity index (χ4n) is 0.491. The molecule has 0 bridgehead atoms. The van der Waals surface area contributed by atoms with E-state index in [-0.39, 0.29) is 6.29 Å². The molecule has 0 fully saturated rings. The molecule has 3 atom stereocenters. The lowest BCUT2D eigenvalue weighted by Gasteiger charge is -2.28. The number of hydrogen-bond acceptors (Lipinski definition) is 6. The summed E-state index contributed by atoms with van der Waals surface area (Å²) < 4.78 is 0. The number of aliphatic hydroxyl groups is 3. The maximum Gasteiger partial charge on any atom is 0.154 e. The summed E-state index contributed by atoms with van der Waals surface area (Å²) in [5, 5.41) is 26.6. The van der Waals surface area contributed by atoms with Crippen molar-refractivity contribution in [1.29, 1.82) is 0 Å². The largest absolute Gasteiger partial charge is 0.385 e. The van der Waals surface area contributed by atoms with Crippen LogP contribution in [0.2, 0.25) is 0 Å². The Morgan fingerprint density at radius 2 is 2.00 bits per heavy atom. The van der Waals surface area contributed by atoms with Gasteiger partial charge in [-0.3, -0.25) is 0 Å². The van der Waals surface area contributed by atoms with E-state index < -0.39 is 24.5 Å². The van der Waals surface area contributed by atoms with Gasteiger partial charge < -0.3 is 31.6 Å². The molecule has 0 amide bonds. The summed E-state index contributed by atoms with van der Waals surface area (Å²) >= 11 is 0. The molecule has 0 saturated heterocycles. The van der Waals surface area contributed by atoms with Gasteiger partial charge in [-0.1, -0.05) is 0 Å². The lowest BCUT2D eigenvalue weighted by Crippen LogP contribution is -2.60. The molecule has 6 heteroatoms. The minimum Gasteiger partial charge on any atom is -0.385 e. The molecule has 0 aromatic rings. The number of nitrogens with two attached hydrogens (primary N) is 2. The van der Waals surface area contributed by atoms with Crippen LogP contribution >= 0.6 is 0 Å². The summed E-state index contributed by atoms with van der Waals surface area (Å²) in [4.78, 5) is 9.89. The molecular formula is C5H12N2O4. The molecule has 0 radical (unpaired) electrons. The van der Waals surface area contributed by atoms with Crippen molar-refractivity contribution in [3.8, 4) is 0 Å². The molecule has 6 nitrogen and oxygen atoms in total. The van der Waals surface area contributed by atoms with E-state index in [1.54, 1.807) is 0 Å². The first-order valence-corrected chi connectivity index (χ1v) is 2.98. The molecule has 0 rings (SSSR count). The smallest absolute Gasteiger partial charge is 0.154 e. The van der Waals surface area contributed by atoms with Crippen LogP contribution in [0, 0.1) is 0 Å². The first kappa shape index (κ1) is 10.5. The lowest BCUT2D eigenvalue weighted by atomic mass is 10.0. The summed E-state index contributed by atoms with van der Waals surface area (Å²) in [6, 6.07) is 0. The fourth-order valence-corrected chi connectivity index (χ4v) is 0.491. The number of aldehydes is 1. The number of hydrogen-bond donors (Lipinski definition) is 5. The fraction of sp³-hybridized carbons (Fsp3) is 0.800. The number of carbonyl (C=O) groups is 1. The summed E-state index contributed by atoms with van der Waals surface area (Å²) in [6.45, 7) is -0.445. The Bertz CT molecular complexity index is 138. The van der Waals surface area contributed by atoms with E-state index in [0.29, 0.717) is 0 Å². The highest BCUT2D eigenvalue weighted by atomic mass is 16.4. The summed E-state index contributed by atoms with van der Waals surface area (Å²) in [5.74, 6) is 0. The Morgan fingerprint density at radius 3 is 2.27 bits per heavy atom. The summed E-state index contributed by atoms with van der Waals surface area (Å²) in [6.07, 6.45) is -3.41. The van der Waals surface area contributed by atoms with Crippen LogP contribution in [-0.4, -0.2) is 46.1 Å². The molecule has 0 aliphatic carbocycles. The van der Waals surface area contributed by atoms with Crippen LogP contribution in [-0.2, 0) is 4.79 Å². The number of rotatable bonds is 4. The van der Waals surface area contributed by atoms with Gasteiger partial charge in [-0.25, -0.2) is 0 Å². The molecule has 0 heterocycles. The molecule has 0 saturated carbocycles. The molecule has 7 N–H and O–H groups in total. The highest BCUT2D eigenvalue weighted by Gasteiger charge is 2.34. The van der Waals surface area contributed by atoms with Gasteiger partial charge in [0.1, 0.15) is 12.2 Å². The van der Waals surface area contributed by atoms with Gasteiger partial charge in [0, 0.05) is 6.54 Å². The first-order chi connectivity index (χ1) is 4.95. The van der Waals surface area contributed by atoms with Crippen molar-refractivity contribution in [2.45, 2.75) is 17.9 Å². The quantitative estimate of drug-likeness (QED) is 0.216. The van der Waals surface area contributed by atoms with Gasteiger partial charge in [0.05, 0.1) is 0 Å². The second kappa shape index (κ2) is 3.74. The van der Waals surface area contributed by atoms with E-state index in [9.17, 15) is 4.79 Å². The summed E-state index contributed by atoms with van der Waals surface area (Å²) in [5.41, 5.74) is 7.81. The first-order valence-electron chi connectivity index (χ1n) is 2.98. The van der Waals surface area contributed by atoms with Gasteiger partial charge in [-0.05, 0) is 0 Å². The third-order valence-electron chi connectivity index (χ3n) is 1.30. The van der Waals surface area contributed by atoms with Crippen molar-refractivity contribution in [2.24, 2.45) is 11.5 Å². The van der Waals surface area contributed by atoms with Gasteiger partial charge in [0.25, 0.3) is 0 Å². The normalized spacial score (nSPS) is 21.9. The predicted octanol–water partition coefficient (Wildman–Crippen LogP) is -3.49. The summed E-state index contributed by atoms with van der Waals surface area (Å²) in [7, 11) is 0. The van der Waals surface area contributed by atoms with E-state index in [1.165, 1.54) is 0 Å². The standard InChI is InChI=1S/C5H12N2O4/c6-2-5(7,11)4(10)3(9)1-8/h1,3-4,9-11H,2,6-7H2. The highest BCUT2D eigenvalue weighted by molar-refractivity contribution is 5.56. The van der Waals surface area contributed by atoms with Crippen LogP contribution in [0.5, 0.6) is 0 Å². The van der Waals surface area contributed by atoms with Crippen molar-refractivity contribution < 1.29 is 20.1 Å². The zero-order chi connectivity index (χ0) is 9.07. The van der Waals surface area contributed by atoms with Crippen LogP contribution in [0.3, 0.4) is 0 Å². The molecule has 0 spiro atoms. The Balaban J connectivity index is 4.21. The predicted molar refractivity (Wildman–Crippen MR) is 36.3 cm³/mol. The van der Waals surface area contributed by atoms with Gasteiger partial charge in [-0.2, -0.15) is 0 Å². The van der Waals surface area contributed by atoms with Crippen molar-refractivity contribution >= 4 is 6.29 Å². The van der Waals surface area contributed by atoms with E-state index in [0.717, 1.165) is 0 Å². The van der Waals surface area contributed by atoms with Crippen molar-refractivity contribution in [3.05, 3.63) is 0 Å². The monoisotopic (exact) mass is 164 g/mol. The van der Waals surface area contributed by atoms with Crippen LogP contribution in [0.4, 0.5) is 0 Å². The molecule has 0 aliphatic rings. The van der Waals surface area contributed by atoms with Crippen molar-refractivity contribution in [2.75, 3.05) is 6.54 Å². The van der Waals surface area contributed by atoms with E-state index in [1.807, 2.05) is 0 Å². The zero-order valence-corrected chi connectivity index (χ0v) is 5.84. The van der Waals surface area contributed by atoms with Crippen molar-refractivity contribution in [3.63, 3.8) is 0 Å². The van der Waals surface area contributed by atoms with E-state index in [4.69, 9.17) is 26.8 Å². The van der Waals surface area contributed by atoms with Gasteiger partial charge in [-0.15, -0.1) is 0 Å². The van der Waals surface area contributed by atoms with Gasteiger partial charge >= 0.3 is 0 Å². The third kappa shape index (κ3) is 2.52. The molecule has 66 valence electrons. The van der Waals surface area contributed by atoms with Crippen LogP contribution in [0.15, 0.2) is 0 Å². The SMILES string of the molecule is NCC(N)(O)C(O)C(O)C=O. The van der Waals surface area contributed by atoms with Crippen molar-refractivity contribution in [1.82, 2.24) is 0 Å². The van der Waals surface area contributed by atoms with E-state index >= 15 is 0 Å². The minimum absolute atomic E-state index is 0.0676. The third-order valence-corrected chi connectivity index (χ3v) is 1.30. The Hall–Kier alpha value is -0.530. The number of aliphatic hydroxyl groups excluding tert-OH is 2. The molecule has 0 aromatic carbocycles. The molecule has 11 heavy (non-hydrogen) atoms. The molecule has 0 aliphatic heterocycles. The van der Waals surface area contributed by atoms with Gasteiger partial charge in [0.2, 0.25) is 0 Å². The van der Waals surface area contributed by atoms with E-state index in [2.05, 4.69) is 0 Å². The Kier molecular flexibility index (Phi) is 3.56. The number of carbonyl (C=O) groups excluding carboxylic acids is 1. The molecule has 0 aromatic heterocycles. The molecule has 3 unspecified atom stereocenters. The molecular weight excluding hydrogens is 152 g/mol. The lowest BCUT2D eigenvalue weighted by molar-refractivity contribution is -0.139. The highest BCUT2D eigenvalue weighted by Crippen LogP contribution is 2.04. The Morgan fingerprint density at radius 1 is 1.55 bits per heavy atom. The second-order valence-electron chi connectivity index (χ2n) is 2.27.